The van der Waals surface area contributed by atoms with Crippen LogP contribution in [0.5, 0.6) is 11.5 Å². The van der Waals surface area contributed by atoms with Gasteiger partial charge in [0, 0.05) is 49.2 Å². The van der Waals surface area contributed by atoms with Crippen LogP contribution >= 0.6 is 11.6 Å². The number of pyridine rings is 1. The zero-order valence-electron chi connectivity index (χ0n) is 25.2. The van der Waals surface area contributed by atoms with Crippen LogP contribution in [0.15, 0.2) is 97.2 Å². The first-order valence-electron chi connectivity index (χ1n) is 14.3. The lowest BCUT2D eigenvalue weighted by atomic mass is 10.1. The minimum absolute atomic E-state index is 0.324. The second kappa shape index (κ2) is 14.3. The third kappa shape index (κ3) is 7.53. The molecule has 0 aliphatic carbocycles. The molecule has 8 nitrogen and oxygen atoms in total. The number of carbonyl (C=O) groups excluding carboxylic acids is 1. The molecule has 0 saturated carbocycles. The molecular weight excluding hydrogens is 586 g/mol. The molecule has 0 unspecified atom stereocenters. The van der Waals surface area contributed by atoms with Crippen LogP contribution in [0, 0.1) is 11.3 Å². The molecule has 0 spiro atoms. The van der Waals surface area contributed by atoms with Crippen LogP contribution in [0.3, 0.4) is 0 Å². The first-order valence-corrected chi connectivity index (χ1v) is 14.7. The summed E-state index contributed by atoms with van der Waals surface area (Å²) in [5.74, 6) is 0.672. The van der Waals surface area contributed by atoms with Crippen molar-refractivity contribution in [1.29, 1.82) is 5.26 Å². The fourth-order valence-corrected chi connectivity index (χ4v) is 5.00. The highest BCUT2D eigenvalue weighted by Gasteiger charge is 2.16. The highest BCUT2D eigenvalue weighted by molar-refractivity contribution is 6.32. The molecule has 1 amide bonds. The number of aromatic nitrogens is 1. The van der Waals surface area contributed by atoms with Gasteiger partial charge in [0.25, 0.3) is 0 Å². The summed E-state index contributed by atoms with van der Waals surface area (Å²) in [4.78, 5) is 19.6. The van der Waals surface area contributed by atoms with E-state index in [1.54, 1.807) is 30.3 Å². The first-order chi connectivity index (χ1) is 21.9. The summed E-state index contributed by atoms with van der Waals surface area (Å²) in [6.45, 7) is 2.64. The maximum absolute atomic E-state index is 13.1. The number of halogens is 1. The van der Waals surface area contributed by atoms with Gasteiger partial charge >= 0.3 is 0 Å². The molecule has 0 aliphatic rings. The number of hydrogen-bond acceptors (Lipinski definition) is 7. The van der Waals surface area contributed by atoms with Crippen molar-refractivity contribution in [2.24, 2.45) is 0 Å². The molecular formula is C36H32ClN5O3. The van der Waals surface area contributed by atoms with Crippen LogP contribution in [0.25, 0.3) is 17.0 Å². The van der Waals surface area contributed by atoms with Crippen molar-refractivity contribution in [3.05, 3.63) is 119 Å². The minimum Gasteiger partial charge on any atom is -0.492 e. The van der Waals surface area contributed by atoms with Gasteiger partial charge in [-0.05, 0) is 54.5 Å². The molecule has 9 heteroatoms. The Bertz CT molecular complexity index is 1900. The average molecular weight is 618 g/mol. The number of fused-ring (bicyclic) bond motifs is 1. The van der Waals surface area contributed by atoms with Crippen molar-refractivity contribution in [1.82, 2.24) is 4.98 Å². The van der Waals surface area contributed by atoms with Gasteiger partial charge in [0.15, 0.2) is 0 Å². The number of nitrogens with one attached hydrogen (secondary N) is 2. The summed E-state index contributed by atoms with van der Waals surface area (Å²) >= 11 is 6.58. The molecule has 1 aromatic heterocycles. The Morgan fingerprint density at radius 1 is 1.00 bits per heavy atom. The van der Waals surface area contributed by atoms with Gasteiger partial charge in [-0.1, -0.05) is 60.1 Å². The third-order valence-corrected chi connectivity index (χ3v) is 7.21. The van der Waals surface area contributed by atoms with Crippen LogP contribution in [-0.4, -0.2) is 31.6 Å². The second-order valence-electron chi connectivity index (χ2n) is 10.3. The Balaban J connectivity index is 1.44. The predicted octanol–water partition coefficient (Wildman–Crippen LogP) is 8.20. The fraction of sp³-hybridized carbons (Fsp3) is 0.139. The lowest BCUT2D eigenvalue weighted by Gasteiger charge is -2.17. The smallest absolute Gasteiger partial charge is 0.248 e. The van der Waals surface area contributed by atoms with Gasteiger partial charge in [-0.2, -0.15) is 5.26 Å². The molecule has 0 radical (unpaired) electrons. The Morgan fingerprint density at radius 2 is 1.78 bits per heavy atom. The van der Waals surface area contributed by atoms with Gasteiger partial charge in [-0.15, -0.1) is 0 Å². The van der Waals surface area contributed by atoms with Crippen LogP contribution in [0.2, 0.25) is 5.02 Å². The van der Waals surface area contributed by atoms with Gasteiger partial charge in [0.05, 0.1) is 34.1 Å². The normalized spacial score (nSPS) is 10.8. The molecule has 45 heavy (non-hydrogen) atoms. The van der Waals surface area contributed by atoms with E-state index in [4.69, 9.17) is 21.1 Å². The predicted molar refractivity (Wildman–Crippen MR) is 182 cm³/mol. The minimum atomic E-state index is -0.333. The molecule has 2 N–H and O–H groups in total. The summed E-state index contributed by atoms with van der Waals surface area (Å²) in [5.41, 5.74) is 5.45. The van der Waals surface area contributed by atoms with E-state index in [9.17, 15) is 10.1 Å². The largest absolute Gasteiger partial charge is 0.492 e. The molecule has 0 fully saturated rings. The number of para-hydroxylation sites is 1. The van der Waals surface area contributed by atoms with E-state index in [-0.39, 0.29) is 5.91 Å². The van der Waals surface area contributed by atoms with Gasteiger partial charge < -0.3 is 25.0 Å². The zero-order chi connectivity index (χ0) is 31.8. The maximum Gasteiger partial charge on any atom is 0.248 e. The standard InChI is InChI=1S/C36H32ClN5O3/c1-4-44-34-20-30-28(19-31(34)41-35(43)17-14-25-12-8-9-13-32(25)42(2)3)36(26(21-38)22-39-30)40-27-15-16-33(29(37)18-27)45-23-24-10-6-5-7-11-24/h5-20,22H,4,23H2,1-3H3,(H,39,40)(H,41,43)/b17-14+. The number of ether oxygens (including phenoxy) is 2. The van der Waals surface area contributed by atoms with Crippen LogP contribution in [0.1, 0.15) is 23.6 Å². The van der Waals surface area contributed by atoms with Crippen LogP contribution in [-0.2, 0) is 11.4 Å². The molecule has 1 heterocycles. The summed E-state index contributed by atoms with van der Waals surface area (Å²) < 4.78 is 11.8. The highest BCUT2D eigenvalue weighted by atomic mass is 35.5. The Labute approximate surface area is 267 Å². The molecule has 4 aromatic carbocycles. The Kier molecular flexibility index (Phi) is 9.83. The summed E-state index contributed by atoms with van der Waals surface area (Å²) in [5, 5.41) is 17.2. The van der Waals surface area contributed by atoms with Crippen molar-refractivity contribution in [2.45, 2.75) is 13.5 Å². The van der Waals surface area contributed by atoms with Gasteiger partial charge in [0.1, 0.15) is 24.2 Å². The van der Waals surface area contributed by atoms with E-state index in [0.717, 1.165) is 16.8 Å². The fourth-order valence-electron chi connectivity index (χ4n) is 4.76. The van der Waals surface area contributed by atoms with Crippen molar-refractivity contribution >= 4 is 57.2 Å². The molecule has 0 bridgehead atoms. The van der Waals surface area contributed by atoms with Gasteiger partial charge in [-0.3, -0.25) is 9.78 Å². The number of hydrogen-bond donors (Lipinski definition) is 2. The van der Waals surface area contributed by atoms with Crippen molar-refractivity contribution in [3.8, 4) is 17.6 Å². The monoisotopic (exact) mass is 617 g/mol. The van der Waals surface area contributed by atoms with Crippen molar-refractivity contribution < 1.29 is 14.3 Å². The number of amides is 1. The molecule has 5 aromatic rings. The second-order valence-corrected chi connectivity index (χ2v) is 10.7. The Hall–Kier alpha value is -5.52. The van der Waals surface area contributed by atoms with E-state index in [1.807, 2.05) is 86.6 Å². The average Bonchev–Trinajstić information content (AvgIpc) is 3.04. The van der Waals surface area contributed by atoms with Gasteiger partial charge in [-0.25, -0.2) is 0 Å². The SMILES string of the molecule is CCOc1cc2ncc(C#N)c(Nc3ccc(OCc4ccccc4)c(Cl)c3)c2cc1NC(=O)/C=C/c1ccccc1N(C)C. The summed E-state index contributed by atoms with van der Waals surface area (Å²) in [6, 6.07) is 28.7. The van der Waals surface area contributed by atoms with Crippen molar-refractivity contribution in [2.75, 3.05) is 36.2 Å². The third-order valence-electron chi connectivity index (χ3n) is 6.92. The lowest BCUT2D eigenvalue weighted by Crippen LogP contribution is -2.11. The molecule has 0 saturated heterocycles. The number of anilines is 4. The summed E-state index contributed by atoms with van der Waals surface area (Å²) in [7, 11) is 3.90. The van der Waals surface area contributed by atoms with Gasteiger partial charge in [0.2, 0.25) is 5.91 Å². The van der Waals surface area contributed by atoms with E-state index in [0.29, 0.717) is 63.3 Å². The first kappa shape index (κ1) is 30.9. The number of rotatable bonds is 11. The molecule has 0 atom stereocenters. The van der Waals surface area contributed by atoms with Crippen LogP contribution in [0.4, 0.5) is 22.7 Å². The Morgan fingerprint density at radius 3 is 2.51 bits per heavy atom. The number of carbonyl (C=O) groups is 1. The zero-order valence-corrected chi connectivity index (χ0v) is 25.9. The molecule has 5 rings (SSSR count). The molecule has 226 valence electrons. The number of nitriles is 1. The highest BCUT2D eigenvalue weighted by Crippen LogP contribution is 2.37. The van der Waals surface area contributed by atoms with E-state index >= 15 is 0 Å². The van der Waals surface area contributed by atoms with Crippen molar-refractivity contribution in [3.63, 3.8) is 0 Å². The maximum atomic E-state index is 13.1. The van der Waals surface area contributed by atoms with Crippen LogP contribution < -0.4 is 25.0 Å². The number of nitrogens with zero attached hydrogens (tertiary/aromatic N) is 3. The van der Waals surface area contributed by atoms with E-state index in [1.165, 1.54) is 12.3 Å². The van der Waals surface area contributed by atoms with E-state index in [2.05, 4.69) is 21.7 Å². The quantitative estimate of drug-likeness (QED) is 0.144. The van der Waals surface area contributed by atoms with E-state index < -0.39 is 0 Å². The number of benzene rings is 4. The topological polar surface area (TPSA) is 99.5 Å². The summed E-state index contributed by atoms with van der Waals surface area (Å²) in [6.07, 6.45) is 4.75. The molecule has 0 aliphatic heterocycles. The lowest BCUT2D eigenvalue weighted by molar-refractivity contribution is -0.111.